The van der Waals surface area contributed by atoms with Gasteiger partial charge in [-0.15, -0.1) is 5.10 Å². The maximum Gasteiger partial charge on any atom is 0.354 e. The molecular weight excluding hydrogens is 404 g/mol. The minimum Gasteiger partial charge on any atom is -0.456 e. The van der Waals surface area contributed by atoms with Gasteiger partial charge >= 0.3 is 5.97 Å². The first-order valence-electron chi connectivity index (χ1n) is 8.77. The Bertz CT molecular complexity index is 978. The molecule has 0 saturated carbocycles. The third-order valence-corrected chi connectivity index (χ3v) is 5.98. The second-order valence-corrected chi connectivity index (χ2v) is 8.26. The van der Waals surface area contributed by atoms with Crippen LogP contribution in [0.15, 0.2) is 24.3 Å². The summed E-state index contributed by atoms with van der Waals surface area (Å²) in [6.45, 7) is 3.44. The largest absolute Gasteiger partial charge is 0.456 e. The Hall–Kier alpha value is -2.52. The number of hydrogen-bond acceptors (Lipinski definition) is 7. The van der Waals surface area contributed by atoms with Crippen LogP contribution in [0.2, 0.25) is 4.34 Å². The van der Waals surface area contributed by atoms with Crippen molar-refractivity contribution in [1.82, 2.24) is 14.5 Å². The summed E-state index contributed by atoms with van der Waals surface area (Å²) in [5.41, 5.74) is -0.364. The van der Waals surface area contributed by atoms with Crippen LogP contribution in [-0.2, 0) is 20.9 Å². The first-order valence-corrected chi connectivity index (χ1v) is 9.92. The summed E-state index contributed by atoms with van der Waals surface area (Å²) in [5, 5.41) is 3.83. The van der Waals surface area contributed by atoms with Crippen molar-refractivity contribution in [3.63, 3.8) is 0 Å². The van der Waals surface area contributed by atoms with Crippen LogP contribution in [0.4, 0.5) is 5.69 Å². The quantitative estimate of drug-likeness (QED) is 0.706. The predicted octanol–water partition coefficient (Wildman–Crippen LogP) is 2.62. The molecule has 146 valence electrons. The third-order valence-electron chi connectivity index (χ3n) is 4.99. The van der Waals surface area contributed by atoms with Crippen molar-refractivity contribution < 1.29 is 19.1 Å². The number of aromatic nitrogens is 2. The molecule has 2 aliphatic heterocycles. The maximum absolute atomic E-state index is 13.3. The fourth-order valence-electron chi connectivity index (χ4n) is 3.91. The lowest BCUT2D eigenvalue weighted by molar-refractivity contribution is -0.159. The molecule has 4 rings (SSSR count). The number of nitrogens with zero attached hydrogens (tertiary/aromatic N) is 4. The number of hydrogen-bond donors (Lipinski definition) is 0. The molecule has 0 bridgehead atoms. The van der Waals surface area contributed by atoms with Crippen LogP contribution in [0, 0.1) is 0 Å². The number of amides is 2. The third kappa shape index (κ3) is 2.61. The van der Waals surface area contributed by atoms with E-state index in [1.54, 1.807) is 24.3 Å². The summed E-state index contributed by atoms with van der Waals surface area (Å²) in [7, 11) is 0. The Morgan fingerprint density at radius 1 is 1.36 bits per heavy atom. The molecule has 1 fully saturated rings. The highest BCUT2D eigenvalue weighted by Gasteiger charge is 2.62. The maximum atomic E-state index is 13.3. The van der Waals surface area contributed by atoms with Crippen LogP contribution >= 0.6 is 23.1 Å². The molecule has 3 heterocycles. The van der Waals surface area contributed by atoms with Crippen molar-refractivity contribution in [2.45, 2.75) is 45.0 Å². The summed E-state index contributed by atoms with van der Waals surface area (Å²) < 4.78 is 9.54. The molecule has 0 N–H and O–H groups in total. The number of carbonyl (C=O) groups excluding carboxylic acids is 3. The van der Waals surface area contributed by atoms with Crippen LogP contribution < -0.4 is 4.90 Å². The van der Waals surface area contributed by atoms with E-state index >= 15 is 0 Å². The molecule has 2 aromatic rings. The van der Waals surface area contributed by atoms with Gasteiger partial charge in [0.2, 0.25) is 11.6 Å². The average Bonchev–Trinajstić information content (AvgIpc) is 3.23. The van der Waals surface area contributed by atoms with Crippen LogP contribution in [0.25, 0.3) is 0 Å². The summed E-state index contributed by atoms with van der Waals surface area (Å²) in [6.07, 6.45) is 0.297. The number of para-hydroxylation sites is 1. The lowest BCUT2D eigenvalue weighted by atomic mass is 9.95. The van der Waals surface area contributed by atoms with E-state index in [1.165, 1.54) is 9.80 Å². The standard InChI is InChI=1S/C18H17ClN4O4S/c1-10(2)22-16(25)11-5-3-4-6-13(11)23-14(24)7-8-18(22,23)17(26)27-9-12-15(19)28-21-20-12/h3-6,10H,7-9H2,1-2H3/t18-/m0/s1. The molecule has 0 radical (unpaired) electrons. The van der Waals surface area contributed by atoms with Crippen molar-refractivity contribution in [2.75, 3.05) is 4.90 Å². The molecule has 1 aromatic carbocycles. The molecule has 28 heavy (non-hydrogen) atoms. The lowest BCUT2D eigenvalue weighted by Gasteiger charge is -2.50. The average molecular weight is 421 g/mol. The molecule has 0 aliphatic carbocycles. The van der Waals surface area contributed by atoms with E-state index in [0.717, 1.165) is 11.5 Å². The van der Waals surface area contributed by atoms with Crippen molar-refractivity contribution >= 4 is 46.6 Å². The predicted molar refractivity (Wildman–Crippen MR) is 102 cm³/mol. The van der Waals surface area contributed by atoms with E-state index in [-0.39, 0.29) is 37.3 Å². The van der Waals surface area contributed by atoms with Gasteiger partial charge in [-0.05, 0) is 26.0 Å². The lowest BCUT2D eigenvalue weighted by Crippen LogP contribution is -2.70. The number of anilines is 1. The highest BCUT2D eigenvalue weighted by atomic mass is 35.5. The molecule has 2 aliphatic rings. The first-order chi connectivity index (χ1) is 13.4. The number of halogens is 1. The van der Waals surface area contributed by atoms with Crippen LogP contribution in [0.3, 0.4) is 0 Å². The summed E-state index contributed by atoms with van der Waals surface area (Å²) in [5.74, 6) is -1.21. The van der Waals surface area contributed by atoms with E-state index in [1.807, 2.05) is 13.8 Å². The zero-order valence-corrected chi connectivity index (χ0v) is 16.8. The van der Waals surface area contributed by atoms with Gasteiger partial charge in [-0.2, -0.15) is 0 Å². The van der Waals surface area contributed by atoms with Gasteiger partial charge in [0.25, 0.3) is 5.91 Å². The number of carbonyl (C=O) groups is 3. The van der Waals surface area contributed by atoms with E-state index in [9.17, 15) is 14.4 Å². The highest BCUT2D eigenvalue weighted by Crippen LogP contribution is 2.46. The Kier molecular flexibility index (Phi) is 4.59. The molecule has 10 heteroatoms. The number of fused-ring (bicyclic) bond motifs is 3. The van der Waals surface area contributed by atoms with E-state index in [4.69, 9.17) is 16.3 Å². The number of esters is 1. The number of rotatable bonds is 4. The summed E-state index contributed by atoms with van der Waals surface area (Å²) in [6, 6.07) is 6.48. The van der Waals surface area contributed by atoms with Crippen LogP contribution in [-0.4, -0.2) is 44.0 Å². The molecule has 1 atom stereocenters. The van der Waals surface area contributed by atoms with Gasteiger partial charge in [0, 0.05) is 30.4 Å². The molecule has 0 spiro atoms. The van der Waals surface area contributed by atoms with Crippen molar-refractivity contribution in [3.05, 3.63) is 39.9 Å². The van der Waals surface area contributed by atoms with E-state index in [2.05, 4.69) is 9.59 Å². The Morgan fingerprint density at radius 2 is 2.11 bits per heavy atom. The Labute approximate surface area is 170 Å². The van der Waals surface area contributed by atoms with Gasteiger partial charge in [0.1, 0.15) is 16.6 Å². The Morgan fingerprint density at radius 3 is 2.79 bits per heavy atom. The smallest absolute Gasteiger partial charge is 0.354 e. The van der Waals surface area contributed by atoms with Gasteiger partial charge in [0.15, 0.2) is 0 Å². The number of benzene rings is 1. The zero-order chi connectivity index (χ0) is 20.1. The second-order valence-electron chi connectivity index (χ2n) is 6.90. The van der Waals surface area contributed by atoms with Crippen molar-refractivity contribution in [3.8, 4) is 0 Å². The van der Waals surface area contributed by atoms with Crippen molar-refractivity contribution in [2.24, 2.45) is 0 Å². The fraction of sp³-hybridized carbons (Fsp3) is 0.389. The topological polar surface area (TPSA) is 92.7 Å². The van der Waals surface area contributed by atoms with E-state index in [0.29, 0.717) is 21.3 Å². The van der Waals surface area contributed by atoms with Crippen LogP contribution in [0.5, 0.6) is 0 Å². The minimum atomic E-state index is -1.52. The first kappa shape index (κ1) is 18.8. The normalized spacial score (nSPS) is 21.1. The molecule has 8 nitrogen and oxygen atoms in total. The van der Waals surface area contributed by atoms with Crippen LogP contribution in [0.1, 0.15) is 42.7 Å². The molecular formula is C18H17ClN4O4S. The monoisotopic (exact) mass is 420 g/mol. The summed E-state index contributed by atoms with van der Waals surface area (Å²) in [4.78, 5) is 42.2. The van der Waals surface area contributed by atoms with Gasteiger partial charge in [0.05, 0.1) is 11.3 Å². The number of ether oxygens (including phenoxy) is 1. The molecule has 1 aromatic heterocycles. The van der Waals surface area contributed by atoms with Gasteiger partial charge in [-0.3, -0.25) is 14.5 Å². The van der Waals surface area contributed by atoms with Gasteiger partial charge in [-0.1, -0.05) is 28.2 Å². The zero-order valence-electron chi connectivity index (χ0n) is 15.2. The SMILES string of the molecule is CC(C)N1C(=O)c2ccccc2N2C(=O)CC[C@@]21C(=O)OCc1nnsc1Cl. The van der Waals surface area contributed by atoms with Gasteiger partial charge < -0.3 is 9.64 Å². The molecule has 0 unspecified atom stereocenters. The minimum absolute atomic E-state index is 0.138. The molecule has 2 amide bonds. The van der Waals surface area contributed by atoms with Gasteiger partial charge in [-0.25, -0.2) is 4.79 Å². The molecule has 1 saturated heterocycles. The fourth-order valence-corrected chi connectivity index (χ4v) is 4.51. The second kappa shape index (κ2) is 6.82. The van der Waals surface area contributed by atoms with Crippen molar-refractivity contribution in [1.29, 1.82) is 0 Å². The van der Waals surface area contributed by atoms with E-state index < -0.39 is 11.6 Å². The summed E-state index contributed by atoms with van der Waals surface area (Å²) >= 11 is 6.97. The highest BCUT2D eigenvalue weighted by molar-refractivity contribution is 7.10. The Balaban J connectivity index is 1.79.